The number of nitrogens with one attached hydrogen (secondary N) is 1. The number of carbonyl (C=O) groups excluding carboxylic acids is 3. The summed E-state index contributed by atoms with van der Waals surface area (Å²) < 4.78 is 7.05. The standard InChI is InChI=1S/C27H21N3O4S/c1-34-23-12-9-20(10-13-23)28-25(31)17-30-26(32)24(35-27(30)33)16-21-7-4-14-29(21)22-11-8-18-5-2-3-6-19(18)15-22/h2-16H,17H2,1H3,(H,28,31)/b24-16-. The van der Waals surface area contributed by atoms with Crippen LogP contribution < -0.4 is 10.1 Å². The zero-order valence-corrected chi connectivity index (χ0v) is 19.6. The van der Waals surface area contributed by atoms with Crippen LogP contribution in [0.4, 0.5) is 10.5 Å². The Balaban J connectivity index is 1.32. The van der Waals surface area contributed by atoms with Crippen molar-refractivity contribution in [3.05, 3.63) is 95.7 Å². The van der Waals surface area contributed by atoms with Gasteiger partial charge in [-0.25, -0.2) is 0 Å². The van der Waals surface area contributed by atoms with Gasteiger partial charge in [0.25, 0.3) is 11.1 Å². The molecule has 4 aromatic rings. The third kappa shape index (κ3) is 4.69. The summed E-state index contributed by atoms with van der Waals surface area (Å²) in [5.41, 5.74) is 2.25. The second-order valence-electron chi connectivity index (χ2n) is 7.88. The van der Waals surface area contributed by atoms with Crippen molar-refractivity contribution in [3.63, 3.8) is 0 Å². The molecule has 3 aromatic carbocycles. The molecule has 0 aliphatic carbocycles. The van der Waals surface area contributed by atoms with Crippen molar-refractivity contribution in [1.29, 1.82) is 0 Å². The van der Waals surface area contributed by atoms with Gasteiger partial charge in [0.05, 0.1) is 12.0 Å². The predicted molar refractivity (Wildman–Crippen MR) is 138 cm³/mol. The Morgan fingerprint density at radius 3 is 2.51 bits per heavy atom. The van der Waals surface area contributed by atoms with E-state index in [0.29, 0.717) is 11.4 Å². The lowest BCUT2D eigenvalue weighted by atomic mass is 10.1. The van der Waals surface area contributed by atoms with Crippen molar-refractivity contribution in [1.82, 2.24) is 9.47 Å². The Bertz CT molecular complexity index is 1470. The quantitative estimate of drug-likeness (QED) is 0.376. The van der Waals surface area contributed by atoms with Gasteiger partial charge in [0.1, 0.15) is 12.3 Å². The van der Waals surface area contributed by atoms with Gasteiger partial charge in [-0.05, 0) is 77.1 Å². The molecule has 1 aliphatic rings. The number of carbonyl (C=O) groups is 3. The maximum Gasteiger partial charge on any atom is 0.294 e. The first-order valence-electron chi connectivity index (χ1n) is 10.9. The van der Waals surface area contributed by atoms with E-state index < -0.39 is 17.1 Å². The lowest BCUT2D eigenvalue weighted by molar-refractivity contribution is -0.127. The van der Waals surface area contributed by atoms with Crippen molar-refractivity contribution >= 4 is 51.4 Å². The Morgan fingerprint density at radius 2 is 1.74 bits per heavy atom. The van der Waals surface area contributed by atoms with Crippen LogP contribution in [0.5, 0.6) is 5.75 Å². The van der Waals surface area contributed by atoms with Crippen molar-refractivity contribution in [3.8, 4) is 11.4 Å². The van der Waals surface area contributed by atoms with E-state index in [9.17, 15) is 14.4 Å². The van der Waals surface area contributed by atoms with Gasteiger partial charge >= 0.3 is 0 Å². The van der Waals surface area contributed by atoms with Gasteiger partial charge in [-0.1, -0.05) is 30.3 Å². The number of hydrogen-bond donors (Lipinski definition) is 1. The summed E-state index contributed by atoms with van der Waals surface area (Å²) in [5, 5.41) is 4.46. The number of benzene rings is 3. The van der Waals surface area contributed by atoms with Gasteiger partial charge in [-0.2, -0.15) is 0 Å². The minimum absolute atomic E-state index is 0.271. The molecular formula is C27H21N3O4S. The fraction of sp³-hybridized carbons (Fsp3) is 0.0741. The molecule has 0 spiro atoms. The van der Waals surface area contributed by atoms with Crippen molar-refractivity contribution in [2.45, 2.75) is 0 Å². The van der Waals surface area contributed by atoms with Crippen molar-refractivity contribution < 1.29 is 19.1 Å². The summed E-state index contributed by atoms with van der Waals surface area (Å²) in [7, 11) is 1.56. The minimum Gasteiger partial charge on any atom is -0.497 e. The molecule has 0 bridgehead atoms. The van der Waals surface area contributed by atoms with Crippen LogP contribution in [-0.4, -0.2) is 40.2 Å². The summed E-state index contributed by atoms with van der Waals surface area (Å²) >= 11 is 0.828. The zero-order valence-electron chi connectivity index (χ0n) is 18.8. The highest BCUT2D eigenvalue weighted by molar-refractivity contribution is 8.18. The molecular weight excluding hydrogens is 462 g/mol. The molecule has 5 rings (SSSR count). The van der Waals surface area contributed by atoms with Gasteiger partial charge in [0.2, 0.25) is 5.91 Å². The first-order valence-corrected chi connectivity index (χ1v) is 11.7. The number of amides is 3. The number of methoxy groups -OCH3 is 1. The fourth-order valence-corrected chi connectivity index (χ4v) is 4.69. The van der Waals surface area contributed by atoms with Crippen LogP contribution in [0.1, 0.15) is 5.69 Å². The van der Waals surface area contributed by atoms with Crippen LogP contribution in [0.15, 0.2) is 90.0 Å². The van der Waals surface area contributed by atoms with Crippen molar-refractivity contribution in [2.75, 3.05) is 19.0 Å². The largest absolute Gasteiger partial charge is 0.497 e. The zero-order chi connectivity index (χ0) is 24.4. The maximum absolute atomic E-state index is 12.9. The first-order chi connectivity index (χ1) is 17.0. The third-order valence-electron chi connectivity index (χ3n) is 5.62. The Hall–Kier alpha value is -4.30. The van der Waals surface area contributed by atoms with E-state index in [1.54, 1.807) is 37.5 Å². The Morgan fingerprint density at radius 1 is 0.971 bits per heavy atom. The topological polar surface area (TPSA) is 80.6 Å². The highest BCUT2D eigenvalue weighted by Gasteiger charge is 2.36. The molecule has 0 unspecified atom stereocenters. The Kier molecular flexibility index (Phi) is 6.12. The van der Waals surface area contributed by atoms with E-state index in [0.717, 1.165) is 38.8 Å². The molecule has 1 aliphatic heterocycles. The van der Waals surface area contributed by atoms with Crippen molar-refractivity contribution in [2.24, 2.45) is 0 Å². The number of rotatable bonds is 6. The second kappa shape index (κ2) is 9.52. The number of ether oxygens (including phenoxy) is 1. The van der Waals surface area contributed by atoms with Crippen LogP contribution in [0.2, 0.25) is 0 Å². The average Bonchev–Trinajstić information content (AvgIpc) is 3.44. The van der Waals surface area contributed by atoms with E-state index in [2.05, 4.69) is 17.4 Å². The summed E-state index contributed by atoms with van der Waals surface area (Å²) in [5.74, 6) is -0.290. The summed E-state index contributed by atoms with van der Waals surface area (Å²) in [6.07, 6.45) is 3.59. The van der Waals surface area contributed by atoms with Crippen LogP contribution >= 0.6 is 11.8 Å². The SMILES string of the molecule is COc1ccc(NC(=O)CN2C(=O)S/C(=C\c3cccn3-c3ccc4ccccc4c3)C2=O)cc1. The first kappa shape index (κ1) is 22.5. The molecule has 1 saturated heterocycles. The maximum atomic E-state index is 12.9. The lowest BCUT2D eigenvalue weighted by Crippen LogP contribution is -2.36. The molecule has 0 atom stereocenters. The normalized spacial score (nSPS) is 14.7. The van der Waals surface area contributed by atoms with E-state index in [-0.39, 0.29) is 11.4 Å². The Labute approximate surface area is 206 Å². The number of anilines is 1. The minimum atomic E-state index is -0.490. The van der Waals surface area contributed by atoms with Gasteiger partial charge in [-0.3, -0.25) is 19.3 Å². The van der Waals surface area contributed by atoms with Crippen LogP contribution in [0.3, 0.4) is 0 Å². The van der Waals surface area contributed by atoms with Gasteiger partial charge in [0, 0.05) is 23.3 Å². The smallest absolute Gasteiger partial charge is 0.294 e. The highest BCUT2D eigenvalue weighted by Crippen LogP contribution is 2.33. The average molecular weight is 484 g/mol. The van der Waals surface area contributed by atoms with Crippen LogP contribution in [0, 0.1) is 0 Å². The van der Waals surface area contributed by atoms with E-state index in [1.807, 2.05) is 53.2 Å². The number of aromatic nitrogens is 1. The number of thioether (sulfide) groups is 1. The number of imide groups is 1. The van der Waals surface area contributed by atoms with E-state index in [4.69, 9.17) is 4.74 Å². The molecule has 8 heteroatoms. The monoisotopic (exact) mass is 483 g/mol. The molecule has 174 valence electrons. The predicted octanol–water partition coefficient (Wildman–Crippen LogP) is 5.31. The summed E-state index contributed by atoms with van der Waals surface area (Å²) in [6.45, 7) is -0.361. The number of nitrogens with zero attached hydrogens (tertiary/aromatic N) is 2. The van der Waals surface area contributed by atoms with Crippen LogP contribution in [-0.2, 0) is 9.59 Å². The molecule has 0 saturated carbocycles. The summed E-state index contributed by atoms with van der Waals surface area (Å²) in [4.78, 5) is 39.2. The van der Waals surface area contributed by atoms with E-state index >= 15 is 0 Å². The molecule has 1 aromatic heterocycles. The molecule has 1 N–H and O–H groups in total. The fourth-order valence-electron chi connectivity index (χ4n) is 3.86. The van der Waals surface area contributed by atoms with Crippen LogP contribution in [0.25, 0.3) is 22.5 Å². The van der Waals surface area contributed by atoms with E-state index in [1.165, 1.54) is 0 Å². The molecule has 0 radical (unpaired) electrons. The lowest BCUT2D eigenvalue weighted by Gasteiger charge is -2.12. The molecule has 35 heavy (non-hydrogen) atoms. The van der Waals surface area contributed by atoms with Gasteiger partial charge in [0.15, 0.2) is 0 Å². The third-order valence-corrected chi connectivity index (χ3v) is 6.53. The summed E-state index contributed by atoms with van der Waals surface area (Å²) in [6, 6.07) is 24.8. The number of hydrogen-bond acceptors (Lipinski definition) is 5. The molecule has 2 heterocycles. The molecule has 3 amide bonds. The highest BCUT2D eigenvalue weighted by atomic mass is 32.2. The number of fused-ring (bicyclic) bond motifs is 1. The van der Waals surface area contributed by atoms with Gasteiger partial charge < -0.3 is 14.6 Å². The van der Waals surface area contributed by atoms with Gasteiger partial charge in [-0.15, -0.1) is 0 Å². The molecule has 7 nitrogen and oxygen atoms in total. The second-order valence-corrected chi connectivity index (χ2v) is 8.87. The molecule has 1 fully saturated rings.